The summed E-state index contributed by atoms with van der Waals surface area (Å²) < 4.78 is 4.91. The Labute approximate surface area is 168 Å². The molecule has 1 fully saturated rings. The van der Waals surface area contributed by atoms with Gasteiger partial charge in [-0.05, 0) is 31.2 Å². The summed E-state index contributed by atoms with van der Waals surface area (Å²) in [7, 11) is 1.46. The summed E-state index contributed by atoms with van der Waals surface area (Å²) in [6, 6.07) is 10.5. The molecule has 1 saturated heterocycles. The van der Waals surface area contributed by atoms with Crippen molar-refractivity contribution in [2.75, 3.05) is 33.3 Å². The lowest BCUT2D eigenvalue weighted by atomic mass is 9.99. The van der Waals surface area contributed by atoms with E-state index in [1.807, 2.05) is 6.07 Å². The fraction of sp³-hybridized carbons (Fsp3) is 0.579. The third kappa shape index (κ3) is 6.49. The highest BCUT2D eigenvalue weighted by molar-refractivity contribution is 14.0. The highest BCUT2D eigenvalue weighted by Gasteiger charge is 2.36. The Bertz CT molecular complexity index is 551. The number of hydrogen-bond donors (Lipinski definition) is 1. The van der Waals surface area contributed by atoms with Crippen LogP contribution in [0.25, 0.3) is 0 Å². The van der Waals surface area contributed by atoms with E-state index in [9.17, 15) is 4.79 Å². The molecule has 0 saturated carbocycles. The van der Waals surface area contributed by atoms with Gasteiger partial charge in [-0.25, -0.2) is 0 Å². The van der Waals surface area contributed by atoms with Crippen LogP contribution in [-0.2, 0) is 16.0 Å². The normalized spacial score (nSPS) is 20.1. The van der Waals surface area contributed by atoms with E-state index in [-0.39, 0.29) is 41.8 Å². The van der Waals surface area contributed by atoms with Gasteiger partial charge in [-0.3, -0.25) is 9.79 Å². The number of aryl methyl sites for hydroxylation is 1. The molecule has 1 aliphatic rings. The van der Waals surface area contributed by atoms with Crippen LogP contribution in [0.1, 0.15) is 25.8 Å². The Hall–Kier alpha value is -1.31. The van der Waals surface area contributed by atoms with Gasteiger partial charge < -0.3 is 15.0 Å². The third-order valence-electron chi connectivity index (χ3n) is 4.48. The van der Waals surface area contributed by atoms with Crippen molar-refractivity contribution in [3.63, 3.8) is 0 Å². The molecule has 1 aliphatic heterocycles. The SMILES string of the molecule is CCNC(=NCCCc1ccccc1)N1CC(C)C(C(=O)OC)C1.I. The summed E-state index contributed by atoms with van der Waals surface area (Å²) in [4.78, 5) is 18.8. The van der Waals surface area contributed by atoms with Gasteiger partial charge in [-0.15, -0.1) is 24.0 Å². The van der Waals surface area contributed by atoms with Crippen LogP contribution in [0.5, 0.6) is 0 Å². The number of nitrogens with zero attached hydrogens (tertiary/aromatic N) is 2. The Kier molecular flexibility index (Phi) is 9.85. The zero-order valence-corrected chi connectivity index (χ0v) is 17.7. The van der Waals surface area contributed by atoms with E-state index in [2.05, 4.69) is 48.3 Å². The molecule has 1 aromatic carbocycles. The number of likely N-dealkylation sites (tertiary alicyclic amines) is 1. The average Bonchev–Trinajstić information content (AvgIpc) is 2.99. The Morgan fingerprint density at radius 2 is 2.04 bits per heavy atom. The Morgan fingerprint density at radius 1 is 1.32 bits per heavy atom. The number of benzene rings is 1. The molecule has 25 heavy (non-hydrogen) atoms. The number of aliphatic imine (C=N–C) groups is 1. The minimum atomic E-state index is -0.120. The molecule has 2 atom stereocenters. The molecular weight excluding hydrogens is 429 g/mol. The summed E-state index contributed by atoms with van der Waals surface area (Å²) in [6.07, 6.45) is 2.05. The van der Waals surface area contributed by atoms with Crippen molar-refractivity contribution in [2.45, 2.75) is 26.7 Å². The first kappa shape index (κ1) is 21.7. The fourth-order valence-electron chi connectivity index (χ4n) is 3.14. The summed E-state index contributed by atoms with van der Waals surface area (Å²) in [6.45, 7) is 7.29. The van der Waals surface area contributed by atoms with Crippen molar-refractivity contribution in [1.29, 1.82) is 0 Å². The van der Waals surface area contributed by atoms with Gasteiger partial charge >= 0.3 is 5.97 Å². The van der Waals surface area contributed by atoms with E-state index < -0.39 is 0 Å². The quantitative estimate of drug-likeness (QED) is 0.234. The van der Waals surface area contributed by atoms with Crippen molar-refractivity contribution in [1.82, 2.24) is 10.2 Å². The van der Waals surface area contributed by atoms with Crippen LogP contribution in [0.15, 0.2) is 35.3 Å². The molecule has 140 valence electrons. The molecule has 2 unspecified atom stereocenters. The maximum atomic E-state index is 11.9. The zero-order valence-electron chi connectivity index (χ0n) is 15.4. The minimum absolute atomic E-state index is 0. The van der Waals surface area contributed by atoms with Crippen LogP contribution in [0.3, 0.4) is 0 Å². The summed E-state index contributed by atoms with van der Waals surface area (Å²) in [5.74, 6) is 1.00. The number of nitrogens with one attached hydrogen (secondary N) is 1. The third-order valence-corrected chi connectivity index (χ3v) is 4.48. The minimum Gasteiger partial charge on any atom is -0.469 e. The van der Waals surface area contributed by atoms with Gasteiger partial charge in [-0.1, -0.05) is 37.3 Å². The van der Waals surface area contributed by atoms with Gasteiger partial charge in [0.1, 0.15) is 0 Å². The first-order valence-corrected chi connectivity index (χ1v) is 8.80. The summed E-state index contributed by atoms with van der Waals surface area (Å²) >= 11 is 0. The van der Waals surface area contributed by atoms with Gasteiger partial charge in [0.25, 0.3) is 0 Å². The topological polar surface area (TPSA) is 53.9 Å². The molecule has 5 nitrogen and oxygen atoms in total. The molecule has 0 aromatic heterocycles. The number of methoxy groups -OCH3 is 1. The van der Waals surface area contributed by atoms with Gasteiger partial charge in [0, 0.05) is 26.2 Å². The summed E-state index contributed by atoms with van der Waals surface area (Å²) in [5.41, 5.74) is 1.35. The Morgan fingerprint density at radius 3 is 2.68 bits per heavy atom. The van der Waals surface area contributed by atoms with E-state index in [1.165, 1.54) is 12.7 Å². The highest BCUT2D eigenvalue weighted by atomic mass is 127. The molecule has 0 aliphatic carbocycles. The maximum absolute atomic E-state index is 11.9. The Balaban J connectivity index is 0.00000312. The predicted octanol–water partition coefficient (Wildman–Crippen LogP) is 2.94. The van der Waals surface area contributed by atoms with E-state index in [0.717, 1.165) is 38.4 Å². The number of carbonyl (C=O) groups excluding carboxylic acids is 1. The second-order valence-electron chi connectivity index (χ2n) is 6.34. The van der Waals surface area contributed by atoms with Gasteiger partial charge in [0.05, 0.1) is 13.0 Å². The van der Waals surface area contributed by atoms with Crippen LogP contribution in [0.2, 0.25) is 0 Å². The zero-order chi connectivity index (χ0) is 17.4. The number of rotatable bonds is 6. The first-order chi connectivity index (χ1) is 11.7. The molecule has 0 spiro atoms. The largest absolute Gasteiger partial charge is 0.469 e. The molecule has 0 radical (unpaired) electrons. The van der Waals surface area contributed by atoms with E-state index in [1.54, 1.807) is 0 Å². The second kappa shape index (κ2) is 11.3. The maximum Gasteiger partial charge on any atom is 0.310 e. The highest BCUT2D eigenvalue weighted by Crippen LogP contribution is 2.24. The molecule has 6 heteroatoms. The van der Waals surface area contributed by atoms with Gasteiger partial charge in [0.2, 0.25) is 0 Å². The van der Waals surface area contributed by atoms with Crippen molar-refractivity contribution in [3.05, 3.63) is 35.9 Å². The monoisotopic (exact) mass is 459 g/mol. The molecule has 0 amide bonds. The van der Waals surface area contributed by atoms with Crippen LogP contribution in [-0.4, -0.2) is 50.1 Å². The molecule has 1 heterocycles. The molecule has 1 N–H and O–H groups in total. The van der Waals surface area contributed by atoms with Gasteiger partial charge in [0.15, 0.2) is 5.96 Å². The number of ether oxygens (including phenoxy) is 1. The number of esters is 1. The van der Waals surface area contributed by atoms with Crippen LogP contribution in [0, 0.1) is 11.8 Å². The number of carbonyl (C=O) groups is 1. The van der Waals surface area contributed by atoms with Crippen LogP contribution in [0.4, 0.5) is 0 Å². The van der Waals surface area contributed by atoms with Crippen molar-refractivity contribution < 1.29 is 9.53 Å². The second-order valence-corrected chi connectivity index (χ2v) is 6.34. The smallest absolute Gasteiger partial charge is 0.310 e. The first-order valence-electron chi connectivity index (χ1n) is 8.80. The van der Waals surface area contributed by atoms with Gasteiger partial charge in [-0.2, -0.15) is 0 Å². The van der Waals surface area contributed by atoms with Crippen LogP contribution < -0.4 is 5.32 Å². The fourth-order valence-corrected chi connectivity index (χ4v) is 3.14. The lowest BCUT2D eigenvalue weighted by Gasteiger charge is -2.21. The molecule has 2 rings (SSSR count). The number of halogens is 1. The summed E-state index contributed by atoms with van der Waals surface area (Å²) in [5, 5.41) is 3.35. The van der Waals surface area contributed by atoms with E-state index in [0.29, 0.717) is 6.54 Å². The number of guanidine groups is 1. The van der Waals surface area contributed by atoms with Crippen molar-refractivity contribution in [2.24, 2.45) is 16.8 Å². The van der Waals surface area contributed by atoms with E-state index >= 15 is 0 Å². The van der Waals surface area contributed by atoms with E-state index in [4.69, 9.17) is 9.73 Å². The predicted molar refractivity (Wildman–Crippen MR) is 112 cm³/mol. The average molecular weight is 459 g/mol. The lowest BCUT2D eigenvalue weighted by molar-refractivity contribution is -0.145. The lowest BCUT2D eigenvalue weighted by Crippen LogP contribution is -2.40. The number of hydrogen-bond acceptors (Lipinski definition) is 3. The standard InChI is InChI=1S/C19H29N3O2.HI/c1-4-20-19(21-12-8-11-16-9-6-5-7-10-16)22-13-15(2)17(14-22)18(23)24-3;/h5-7,9-10,15,17H,4,8,11-14H2,1-3H3,(H,20,21);1H. The van der Waals surface area contributed by atoms with Crippen LogP contribution >= 0.6 is 24.0 Å². The van der Waals surface area contributed by atoms with Crippen molar-refractivity contribution in [3.8, 4) is 0 Å². The molecule has 0 bridgehead atoms. The molecular formula is C19H30IN3O2. The van der Waals surface area contributed by atoms with Crippen molar-refractivity contribution >= 4 is 35.9 Å². The molecule has 1 aromatic rings.